The third-order valence-electron chi connectivity index (χ3n) is 4.24. The predicted octanol–water partition coefficient (Wildman–Crippen LogP) is 6.62. The number of hydrogen-bond acceptors (Lipinski definition) is 0. The van der Waals surface area contributed by atoms with Gasteiger partial charge in [0.25, 0.3) is 0 Å². The number of hydrogen-bond donors (Lipinski definition) is 0. The Labute approximate surface area is 129 Å². The lowest BCUT2D eigenvalue weighted by atomic mass is 9.75. The van der Waals surface area contributed by atoms with Gasteiger partial charge in [-0.15, -0.1) is 8.19 Å². The van der Waals surface area contributed by atoms with Gasteiger partial charge in [-0.2, -0.15) is 0 Å². The highest BCUT2D eigenvalue weighted by Gasteiger charge is 2.27. The summed E-state index contributed by atoms with van der Waals surface area (Å²) in [6.45, 7) is 14.0. The number of rotatable bonds is 0. The Hall–Kier alpha value is -1.26. The smallest absolute Gasteiger partial charge is 0.00342 e. The third kappa shape index (κ3) is 2.40. The minimum absolute atomic E-state index is 0.184. The van der Waals surface area contributed by atoms with E-state index in [1.165, 1.54) is 21.5 Å². The van der Waals surface area contributed by atoms with Gasteiger partial charge in [-0.25, -0.2) is 0 Å². The first kappa shape index (κ1) is 14.7. The van der Waals surface area contributed by atoms with E-state index in [0.29, 0.717) is 0 Å². The summed E-state index contributed by atoms with van der Waals surface area (Å²) < 4.78 is 0. The van der Waals surface area contributed by atoms with E-state index >= 15 is 0 Å². The van der Waals surface area contributed by atoms with Crippen LogP contribution in [0.15, 0.2) is 36.4 Å². The molecule has 1 aromatic heterocycles. The first-order valence-corrected chi connectivity index (χ1v) is 8.74. The molecule has 0 radical (unpaired) electrons. The first-order valence-electron chi connectivity index (χ1n) is 7.74. The second-order valence-corrected chi connectivity index (χ2v) is 9.37. The zero-order valence-electron chi connectivity index (χ0n) is 14.0. The standard InChI is InChI=1S/C20H25P/c1-19(2,3)15-12-11-14-13-9-7-8-10-16(13)21-18(14)17(15)20(4,5)6/h7-12,21H,1-6H3. The van der Waals surface area contributed by atoms with Gasteiger partial charge in [-0.3, -0.25) is 0 Å². The van der Waals surface area contributed by atoms with Crippen LogP contribution in [-0.2, 0) is 10.8 Å². The minimum atomic E-state index is 0.184. The molecule has 0 fully saturated rings. The van der Waals surface area contributed by atoms with Crippen molar-refractivity contribution in [1.29, 1.82) is 0 Å². The van der Waals surface area contributed by atoms with Crippen LogP contribution in [0.2, 0.25) is 0 Å². The molecule has 3 rings (SSSR count). The van der Waals surface area contributed by atoms with Crippen molar-refractivity contribution in [1.82, 2.24) is 0 Å². The SMILES string of the molecule is CC(C)(C)c1ccc2c([pH]c3ccccc32)c1C(C)(C)C. The molecule has 1 atom stereocenters. The summed E-state index contributed by atoms with van der Waals surface area (Å²) in [5.74, 6) is 0. The molecule has 3 aromatic rings. The molecule has 0 aliphatic carbocycles. The normalized spacial score (nSPS) is 13.6. The van der Waals surface area contributed by atoms with Crippen molar-refractivity contribution in [3.8, 4) is 0 Å². The second-order valence-electron chi connectivity index (χ2n) is 8.08. The predicted molar refractivity (Wildman–Crippen MR) is 98.4 cm³/mol. The lowest BCUT2D eigenvalue weighted by molar-refractivity contribution is 0.535. The van der Waals surface area contributed by atoms with Crippen molar-refractivity contribution in [2.24, 2.45) is 0 Å². The molecule has 2 aromatic carbocycles. The highest BCUT2D eigenvalue weighted by Crippen LogP contribution is 2.46. The van der Waals surface area contributed by atoms with Crippen LogP contribution < -0.4 is 0 Å². The molecule has 0 saturated heterocycles. The van der Waals surface area contributed by atoms with Gasteiger partial charge in [0.15, 0.2) is 0 Å². The fraction of sp³-hybridized carbons (Fsp3) is 0.400. The van der Waals surface area contributed by atoms with Crippen LogP contribution in [0.5, 0.6) is 0 Å². The van der Waals surface area contributed by atoms with Gasteiger partial charge in [0, 0.05) is 5.12 Å². The maximum atomic E-state index is 2.37. The molecular formula is C20H25P. The van der Waals surface area contributed by atoms with E-state index in [-0.39, 0.29) is 10.8 Å². The first-order chi connectivity index (χ1) is 9.69. The van der Waals surface area contributed by atoms with Crippen molar-refractivity contribution in [2.75, 3.05) is 0 Å². The van der Waals surface area contributed by atoms with Crippen LogP contribution in [0.1, 0.15) is 52.7 Å². The molecule has 0 aliphatic rings. The van der Waals surface area contributed by atoms with Crippen molar-refractivity contribution in [3.63, 3.8) is 0 Å². The maximum Gasteiger partial charge on any atom is 0.00342 e. The lowest BCUT2D eigenvalue weighted by Gasteiger charge is -2.31. The molecule has 1 heterocycles. The van der Waals surface area contributed by atoms with Gasteiger partial charge < -0.3 is 0 Å². The average molecular weight is 296 g/mol. The molecule has 0 nitrogen and oxygen atoms in total. The summed E-state index contributed by atoms with van der Waals surface area (Å²) in [5, 5.41) is 5.99. The van der Waals surface area contributed by atoms with E-state index < -0.39 is 0 Å². The van der Waals surface area contributed by atoms with E-state index in [0.717, 1.165) is 8.19 Å². The Morgan fingerprint density at radius 2 is 1.38 bits per heavy atom. The zero-order chi connectivity index (χ0) is 15.4. The fourth-order valence-electron chi connectivity index (χ4n) is 3.32. The highest BCUT2D eigenvalue weighted by molar-refractivity contribution is 7.44. The van der Waals surface area contributed by atoms with Crippen LogP contribution in [-0.4, -0.2) is 0 Å². The van der Waals surface area contributed by atoms with Gasteiger partial charge in [-0.05, 0) is 37.8 Å². The van der Waals surface area contributed by atoms with E-state index in [2.05, 4.69) is 77.9 Å². The zero-order valence-corrected chi connectivity index (χ0v) is 15.0. The molecule has 0 saturated carbocycles. The van der Waals surface area contributed by atoms with Gasteiger partial charge in [0.1, 0.15) is 0 Å². The summed E-state index contributed by atoms with van der Waals surface area (Å²) in [4.78, 5) is 0. The lowest BCUT2D eigenvalue weighted by Crippen LogP contribution is -2.21. The maximum absolute atomic E-state index is 2.37. The van der Waals surface area contributed by atoms with Crippen molar-refractivity contribution < 1.29 is 0 Å². The Bertz CT molecular complexity index is 807. The molecule has 0 amide bonds. The summed E-state index contributed by atoms with van der Waals surface area (Å²) in [5.41, 5.74) is 3.45. The number of benzene rings is 2. The molecule has 21 heavy (non-hydrogen) atoms. The van der Waals surface area contributed by atoms with Gasteiger partial charge >= 0.3 is 0 Å². The second kappa shape index (κ2) is 4.62. The highest BCUT2D eigenvalue weighted by atomic mass is 31.0. The van der Waals surface area contributed by atoms with Crippen LogP contribution >= 0.6 is 8.19 Å². The molecule has 110 valence electrons. The van der Waals surface area contributed by atoms with Gasteiger partial charge in [0.2, 0.25) is 0 Å². The van der Waals surface area contributed by atoms with Crippen LogP contribution in [0, 0.1) is 0 Å². The molecule has 0 bridgehead atoms. The van der Waals surface area contributed by atoms with Crippen molar-refractivity contribution >= 4 is 29.2 Å². The summed E-state index contributed by atoms with van der Waals surface area (Å²) in [6.07, 6.45) is 0. The molecule has 1 heteroatoms. The fourth-order valence-corrected chi connectivity index (χ4v) is 5.11. The summed E-state index contributed by atoms with van der Waals surface area (Å²) >= 11 is 0. The molecule has 0 N–H and O–H groups in total. The van der Waals surface area contributed by atoms with Crippen LogP contribution in [0.25, 0.3) is 21.0 Å². The Morgan fingerprint density at radius 1 is 0.714 bits per heavy atom. The van der Waals surface area contributed by atoms with Gasteiger partial charge in [0.05, 0.1) is 0 Å². The quantitative estimate of drug-likeness (QED) is 0.437. The van der Waals surface area contributed by atoms with E-state index in [1.54, 1.807) is 10.7 Å². The van der Waals surface area contributed by atoms with E-state index in [4.69, 9.17) is 0 Å². The Kier molecular flexibility index (Phi) is 3.22. The summed E-state index contributed by atoms with van der Waals surface area (Å²) in [6, 6.07) is 13.6. The Morgan fingerprint density at radius 3 is 2.00 bits per heavy atom. The van der Waals surface area contributed by atoms with Crippen molar-refractivity contribution in [3.05, 3.63) is 47.5 Å². The van der Waals surface area contributed by atoms with Crippen LogP contribution in [0.4, 0.5) is 0 Å². The average Bonchev–Trinajstić information content (AvgIpc) is 2.73. The molecule has 0 spiro atoms. The topological polar surface area (TPSA) is 0 Å². The molecule has 1 unspecified atom stereocenters. The van der Waals surface area contributed by atoms with Gasteiger partial charge in [-0.1, -0.05) is 77.9 Å². The van der Waals surface area contributed by atoms with Crippen LogP contribution in [0.3, 0.4) is 0 Å². The monoisotopic (exact) mass is 296 g/mol. The van der Waals surface area contributed by atoms with E-state index in [9.17, 15) is 0 Å². The Balaban J connectivity index is 2.50. The third-order valence-corrected chi connectivity index (χ3v) is 5.71. The largest absolute Gasteiger partial charge is 0.123 e. The van der Waals surface area contributed by atoms with Crippen molar-refractivity contribution in [2.45, 2.75) is 52.4 Å². The molecule has 0 aliphatic heterocycles. The molecular weight excluding hydrogens is 271 g/mol. The summed E-state index contributed by atoms with van der Waals surface area (Å²) in [7, 11) is 0.799. The number of fused-ring (bicyclic) bond motifs is 3. The van der Waals surface area contributed by atoms with E-state index in [1.807, 2.05) is 0 Å². The minimum Gasteiger partial charge on any atom is -0.123 e.